The van der Waals surface area contributed by atoms with Gasteiger partial charge in [-0.05, 0) is 44.6 Å². The summed E-state index contributed by atoms with van der Waals surface area (Å²) < 4.78 is 45.7. The van der Waals surface area contributed by atoms with Crippen molar-refractivity contribution < 1.29 is 62.4 Å². The van der Waals surface area contributed by atoms with Crippen molar-refractivity contribution in [3.05, 3.63) is 55.9 Å². The van der Waals surface area contributed by atoms with E-state index in [-0.39, 0.29) is 11.4 Å². The van der Waals surface area contributed by atoms with Crippen LogP contribution in [0.2, 0.25) is 0 Å². The second-order valence-corrected chi connectivity index (χ2v) is 12.9. The summed E-state index contributed by atoms with van der Waals surface area (Å²) in [5.41, 5.74) is 0.576. The number of aryl methyl sites for hydroxylation is 2. The molecule has 22 heteroatoms. The molecular weight excluding hydrogens is 782 g/mol. The number of carboxylic acids is 1. The minimum atomic E-state index is -1.03. The lowest BCUT2D eigenvalue weighted by Crippen LogP contribution is -2.46. The van der Waals surface area contributed by atoms with Gasteiger partial charge in [0.05, 0.1) is 121 Å². The molecule has 0 aliphatic rings. The van der Waals surface area contributed by atoms with Crippen LogP contribution in [0.4, 0.5) is 16.2 Å². The third-order valence-electron chi connectivity index (χ3n) is 8.18. The number of unbranched alkanes of at least 4 members (excludes halogenated alkanes) is 2. The molecule has 0 unspecified atom stereocenters. The third kappa shape index (κ3) is 25.6. The average Bonchev–Trinajstić information content (AvgIpc) is 3.67. The molecule has 2 aromatic rings. The number of amides is 2. The molecule has 0 aliphatic carbocycles. The van der Waals surface area contributed by atoms with Crippen molar-refractivity contribution in [2.24, 2.45) is 0 Å². The molecule has 0 radical (unpaired) electrons. The number of nitro groups is 2. The van der Waals surface area contributed by atoms with Crippen LogP contribution in [0.3, 0.4) is 0 Å². The van der Waals surface area contributed by atoms with E-state index >= 15 is 0 Å². The molecule has 59 heavy (non-hydrogen) atoms. The fourth-order valence-corrected chi connectivity index (χ4v) is 5.17. The zero-order chi connectivity index (χ0) is 42.8. The second-order valence-electron chi connectivity index (χ2n) is 12.9. The minimum absolute atomic E-state index is 0.263. The van der Waals surface area contributed by atoms with Crippen LogP contribution < -0.4 is 10.6 Å². The smallest absolute Gasteiger partial charge is 0.326 e. The second kappa shape index (κ2) is 33.4. The van der Waals surface area contributed by atoms with E-state index in [4.69, 9.17) is 43.0 Å². The summed E-state index contributed by atoms with van der Waals surface area (Å²) in [7, 11) is 0. The van der Waals surface area contributed by atoms with Crippen LogP contribution in [0.5, 0.6) is 0 Å². The van der Waals surface area contributed by atoms with Crippen molar-refractivity contribution in [3.63, 3.8) is 0 Å². The summed E-state index contributed by atoms with van der Waals surface area (Å²) in [5, 5.41) is 44.6. The molecule has 2 amide bonds. The van der Waals surface area contributed by atoms with Gasteiger partial charge in [-0.15, -0.1) is 5.10 Å². The standard InChI is InChI=1S/C37H61N7O15/c1-2-7-34(36(45)46)39-37(47)38-11-4-3-5-12-42-29-32(40-41-42)30-59-27-26-58-25-24-57-23-22-56-21-20-55-19-18-54-17-16-53-15-14-52-13-6-8-31-9-10-33(43(48)49)28-35(31)44(50)51/h9-10,28-29,34H,2-8,11-27,30H2,1H3,(H,45,46)(H2,38,39,47)/t34-/m0/s1. The largest absolute Gasteiger partial charge is 0.480 e. The van der Waals surface area contributed by atoms with Crippen LogP contribution in [0, 0.1) is 20.2 Å². The van der Waals surface area contributed by atoms with Crippen molar-refractivity contribution >= 4 is 23.4 Å². The zero-order valence-corrected chi connectivity index (χ0v) is 34.0. The van der Waals surface area contributed by atoms with Gasteiger partial charge in [-0.3, -0.25) is 24.9 Å². The Kier molecular flexibility index (Phi) is 28.7. The monoisotopic (exact) mass is 843 g/mol. The number of aliphatic carboxylic acids is 1. The first-order valence-electron chi connectivity index (χ1n) is 19.9. The number of hydrogen-bond donors (Lipinski definition) is 3. The Morgan fingerprint density at radius 2 is 1.29 bits per heavy atom. The first-order valence-corrected chi connectivity index (χ1v) is 19.9. The van der Waals surface area contributed by atoms with Gasteiger partial charge in [-0.2, -0.15) is 0 Å². The number of benzene rings is 1. The maximum atomic E-state index is 11.9. The Hall–Kier alpha value is -4.42. The van der Waals surface area contributed by atoms with Crippen molar-refractivity contribution in [2.45, 2.75) is 71.1 Å². The van der Waals surface area contributed by atoms with Gasteiger partial charge in [-0.25, -0.2) is 9.59 Å². The Morgan fingerprint density at radius 3 is 1.80 bits per heavy atom. The first kappa shape index (κ1) is 50.7. The Morgan fingerprint density at radius 1 is 0.746 bits per heavy atom. The van der Waals surface area contributed by atoms with Gasteiger partial charge in [0.25, 0.3) is 11.4 Å². The highest BCUT2D eigenvalue weighted by Gasteiger charge is 2.19. The first-order chi connectivity index (χ1) is 28.7. The van der Waals surface area contributed by atoms with Crippen LogP contribution in [-0.2, 0) is 62.3 Å². The number of nitrogens with zero attached hydrogens (tertiary/aromatic N) is 5. The van der Waals surface area contributed by atoms with Crippen LogP contribution in [-0.4, -0.2) is 154 Å². The molecule has 22 nitrogen and oxygen atoms in total. The van der Waals surface area contributed by atoms with Gasteiger partial charge in [0.15, 0.2) is 0 Å². The summed E-state index contributed by atoms with van der Waals surface area (Å²) in [6.07, 6.45) is 6.28. The molecule has 1 aromatic heterocycles. The zero-order valence-electron chi connectivity index (χ0n) is 34.0. The number of nitro benzene ring substituents is 2. The Labute approximate surface area is 343 Å². The van der Waals surface area contributed by atoms with E-state index in [0.717, 1.165) is 31.0 Å². The van der Waals surface area contributed by atoms with Crippen molar-refractivity contribution in [1.29, 1.82) is 0 Å². The number of carbonyl (C=O) groups excluding carboxylic acids is 1. The number of hydrogen-bond acceptors (Lipinski definition) is 16. The van der Waals surface area contributed by atoms with Gasteiger partial charge in [0.2, 0.25) is 0 Å². The minimum Gasteiger partial charge on any atom is -0.480 e. The van der Waals surface area contributed by atoms with Gasteiger partial charge >= 0.3 is 12.0 Å². The van der Waals surface area contributed by atoms with Crippen molar-refractivity contribution in [1.82, 2.24) is 25.6 Å². The summed E-state index contributed by atoms with van der Waals surface area (Å²) in [6.45, 7) is 9.62. The molecule has 0 fully saturated rings. The number of rotatable bonds is 39. The van der Waals surface area contributed by atoms with E-state index in [1.807, 2.05) is 13.1 Å². The van der Waals surface area contributed by atoms with Crippen LogP contribution in [0.25, 0.3) is 0 Å². The van der Waals surface area contributed by atoms with E-state index in [1.165, 1.54) is 12.1 Å². The van der Waals surface area contributed by atoms with Crippen molar-refractivity contribution in [3.8, 4) is 0 Å². The molecule has 1 aromatic carbocycles. The van der Waals surface area contributed by atoms with E-state index in [0.29, 0.717) is 150 Å². The maximum Gasteiger partial charge on any atom is 0.326 e. The molecule has 1 atom stereocenters. The Balaban J connectivity index is 1.26. The molecule has 0 bridgehead atoms. The number of non-ortho nitro benzene ring substituents is 1. The fourth-order valence-electron chi connectivity index (χ4n) is 5.17. The summed E-state index contributed by atoms with van der Waals surface area (Å²) in [4.78, 5) is 43.8. The fraction of sp³-hybridized carbons (Fsp3) is 0.730. The molecule has 3 N–H and O–H groups in total. The number of aromatic nitrogens is 3. The average molecular weight is 844 g/mol. The van der Waals surface area contributed by atoms with E-state index in [9.17, 15) is 29.8 Å². The highest BCUT2D eigenvalue weighted by molar-refractivity contribution is 5.82. The van der Waals surface area contributed by atoms with E-state index in [1.54, 1.807) is 4.68 Å². The molecule has 0 spiro atoms. The Bertz CT molecular complexity index is 1450. The number of nitrogens with one attached hydrogen (secondary N) is 2. The maximum absolute atomic E-state index is 11.9. The molecule has 0 aliphatic heterocycles. The molecule has 1 heterocycles. The predicted octanol–water partition coefficient (Wildman–Crippen LogP) is 3.08. The van der Waals surface area contributed by atoms with Gasteiger partial charge in [0.1, 0.15) is 11.7 Å². The number of carboxylic acid groups (broad SMARTS) is 1. The topological polar surface area (TPSA) is 269 Å². The lowest BCUT2D eigenvalue weighted by molar-refractivity contribution is -0.394. The van der Waals surface area contributed by atoms with E-state index in [2.05, 4.69) is 20.9 Å². The van der Waals surface area contributed by atoms with Gasteiger partial charge in [0, 0.05) is 31.3 Å². The van der Waals surface area contributed by atoms with Gasteiger partial charge < -0.3 is 53.6 Å². The third-order valence-corrected chi connectivity index (χ3v) is 8.18. The van der Waals surface area contributed by atoms with Gasteiger partial charge in [-0.1, -0.05) is 18.6 Å². The van der Waals surface area contributed by atoms with Crippen molar-refractivity contribution in [2.75, 3.05) is 106 Å². The number of ether oxygens (including phenoxy) is 8. The molecule has 0 saturated carbocycles. The highest BCUT2D eigenvalue weighted by atomic mass is 16.6. The van der Waals surface area contributed by atoms with Crippen LogP contribution in [0.1, 0.15) is 56.7 Å². The summed E-state index contributed by atoms with van der Waals surface area (Å²) in [6, 6.07) is 2.31. The lowest BCUT2D eigenvalue weighted by Gasteiger charge is -2.14. The summed E-state index contributed by atoms with van der Waals surface area (Å²) in [5.74, 6) is -1.03. The van der Waals surface area contributed by atoms with Crippen LogP contribution >= 0.6 is 0 Å². The predicted molar refractivity (Wildman–Crippen MR) is 210 cm³/mol. The highest BCUT2D eigenvalue weighted by Crippen LogP contribution is 2.25. The molecule has 2 rings (SSSR count). The SMILES string of the molecule is CCC[C@H](NC(=O)NCCCCCn1cc(COCCOCCOCCOCCOCCOCCOCCOCCCc2ccc([N+](=O)[O-])cc2[N+](=O)[O-])nn1)C(=O)O. The van der Waals surface area contributed by atoms with Crippen LogP contribution in [0.15, 0.2) is 24.4 Å². The normalized spacial score (nSPS) is 11.7. The quantitative estimate of drug-likeness (QED) is 0.0496. The van der Waals surface area contributed by atoms with E-state index < -0.39 is 27.9 Å². The summed E-state index contributed by atoms with van der Waals surface area (Å²) >= 11 is 0. The molecule has 334 valence electrons. The number of urea groups is 1. The molecular formula is C37H61N7O15. The molecule has 0 saturated heterocycles. The lowest BCUT2D eigenvalue weighted by atomic mass is 10.1. The number of carbonyl (C=O) groups is 2.